The molecule has 1 saturated heterocycles. The first-order valence-corrected chi connectivity index (χ1v) is 13.6. The van der Waals surface area contributed by atoms with Gasteiger partial charge in [-0.3, -0.25) is 19.4 Å². The Labute approximate surface area is 240 Å². The van der Waals surface area contributed by atoms with Crippen LogP contribution in [0.5, 0.6) is 5.75 Å². The Balaban J connectivity index is 1.81. The number of nitrogens with two attached hydrogens (primary N) is 1. The number of carbonyl (C=O) groups excluding carboxylic acids is 3. The van der Waals surface area contributed by atoms with Gasteiger partial charge in [-0.25, -0.2) is 9.59 Å². The first-order chi connectivity index (χ1) is 19.5. The maximum Gasteiger partial charge on any atom is 0.409 e. The van der Waals surface area contributed by atoms with Crippen LogP contribution < -0.4 is 10.5 Å². The highest BCUT2D eigenvalue weighted by Gasteiger charge is 2.48. The van der Waals surface area contributed by atoms with Crippen LogP contribution in [0.4, 0.5) is 4.79 Å². The van der Waals surface area contributed by atoms with E-state index in [0.29, 0.717) is 6.42 Å². The van der Waals surface area contributed by atoms with Crippen molar-refractivity contribution < 1.29 is 43.7 Å². The molecule has 1 aliphatic heterocycles. The van der Waals surface area contributed by atoms with Gasteiger partial charge in [0.2, 0.25) is 11.5 Å². The van der Waals surface area contributed by atoms with Crippen molar-refractivity contribution in [3.8, 4) is 5.75 Å². The molecule has 220 valence electrons. The molecule has 1 saturated carbocycles. The molecule has 1 atom stereocenters. The molecule has 0 bridgehead atoms. The molecule has 13 nitrogen and oxygen atoms in total. The lowest BCUT2D eigenvalue weighted by Gasteiger charge is -2.39. The van der Waals surface area contributed by atoms with Crippen LogP contribution in [-0.2, 0) is 19.1 Å². The van der Waals surface area contributed by atoms with Crippen molar-refractivity contribution >= 4 is 52.4 Å². The summed E-state index contributed by atoms with van der Waals surface area (Å²) in [5.74, 6) is -5.30. The van der Waals surface area contributed by atoms with Gasteiger partial charge in [-0.2, -0.15) is 0 Å². The van der Waals surface area contributed by atoms with Gasteiger partial charge < -0.3 is 35.2 Å². The van der Waals surface area contributed by atoms with Crippen molar-refractivity contribution in [1.82, 2.24) is 14.8 Å². The minimum absolute atomic E-state index is 0.124. The molecule has 41 heavy (non-hydrogen) atoms. The standard InChI is InChI=1S/C27H31ClN4O9/c1-2-40-26(39)32-12-10-31(11-13-32)24(36)17(6-7-19(33)34)21-20(23(29)35)22(41-27(25(37)38)8-3-9-27)16-5-4-15(28)14-18(16)30-21/h4-5,14,17H,2-3,6-13H2,1H3,(H2,29,35)(H,33,34)(H,37,38). The number of hydrogen-bond acceptors (Lipinski definition) is 8. The second-order valence-electron chi connectivity index (χ2n) is 9.98. The van der Waals surface area contributed by atoms with E-state index in [9.17, 15) is 34.2 Å². The van der Waals surface area contributed by atoms with Crippen molar-refractivity contribution in [2.75, 3.05) is 32.8 Å². The third kappa shape index (κ3) is 6.14. The van der Waals surface area contributed by atoms with Crippen LogP contribution in [0.1, 0.15) is 61.0 Å². The van der Waals surface area contributed by atoms with Gasteiger partial charge in [0, 0.05) is 43.0 Å². The Morgan fingerprint density at radius 3 is 2.29 bits per heavy atom. The molecule has 0 radical (unpaired) electrons. The van der Waals surface area contributed by atoms with Crippen LogP contribution in [0.15, 0.2) is 18.2 Å². The number of piperazine rings is 1. The number of carboxylic acids is 2. The van der Waals surface area contributed by atoms with Crippen molar-refractivity contribution in [3.63, 3.8) is 0 Å². The van der Waals surface area contributed by atoms with Crippen LogP contribution in [0.2, 0.25) is 5.02 Å². The average molecular weight is 591 g/mol. The molecular weight excluding hydrogens is 560 g/mol. The maximum absolute atomic E-state index is 13.9. The summed E-state index contributed by atoms with van der Waals surface area (Å²) in [6.45, 7) is 2.54. The fraction of sp³-hybridized carbons (Fsp3) is 0.481. The van der Waals surface area contributed by atoms with Gasteiger partial charge >= 0.3 is 18.0 Å². The first kappa shape index (κ1) is 29.8. The minimum Gasteiger partial charge on any atom is -0.481 e. The summed E-state index contributed by atoms with van der Waals surface area (Å²) in [5.41, 5.74) is 4.01. The van der Waals surface area contributed by atoms with Gasteiger partial charge in [0.15, 0.2) is 0 Å². The lowest BCUT2D eigenvalue weighted by atomic mass is 9.80. The smallest absolute Gasteiger partial charge is 0.409 e. The molecule has 2 aliphatic rings. The van der Waals surface area contributed by atoms with E-state index in [1.165, 1.54) is 28.0 Å². The van der Waals surface area contributed by atoms with Gasteiger partial charge in [-0.1, -0.05) is 11.6 Å². The number of rotatable bonds is 10. The zero-order valence-corrected chi connectivity index (χ0v) is 23.2. The summed E-state index contributed by atoms with van der Waals surface area (Å²) in [7, 11) is 0. The van der Waals surface area contributed by atoms with Crippen LogP contribution in [0.3, 0.4) is 0 Å². The quantitative estimate of drug-likeness (QED) is 0.371. The van der Waals surface area contributed by atoms with Crippen molar-refractivity contribution in [2.45, 2.75) is 50.5 Å². The van der Waals surface area contributed by atoms with E-state index in [-0.39, 0.29) is 85.0 Å². The Hall–Kier alpha value is -4.13. The van der Waals surface area contributed by atoms with Crippen LogP contribution in [-0.4, -0.2) is 93.2 Å². The molecule has 2 fully saturated rings. The summed E-state index contributed by atoms with van der Waals surface area (Å²) in [5, 5.41) is 19.9. The zero-order chi connectivity index (χ0) is 29.9. The van der Waals surface area contributed by atoms with Crippen molar-refractivity contribution in [3.05, 3.63) is 34.5 Å². The number of nitrogens with zero attached hydrogens (tertiary/aromatic N) is 3. The van der Waals surface area contributed by atoms with E-state index < -0.39 is 47.8 Å². The fourth-order valence-corrected chi connectivity index (χ4v) is 5.23. The molecule has 2 heterocycles. The largest absolute Gasteiger partial charge is 0.481 e. The van der Waals surface area contributed by atoms with Crippen LogP contribution in [0, 0.1) is 0 Å². The summed E-state index contributed by atoms with van der Waals surface area (Å²) >= 11 is 6.21. The molecule has 2 aromatic rings. The first-order valence-electron chi connectivity index (χ1n) is 13.2. The maximum atomic E-state index is 13.9. The fourth-order valence-electron chi connectivity index (χ4n) is 5.06. The summed E-state index contributed by atoms with van der Waals surface area (Å²) < 4.78 is 11.1. The van der Waals surface area contributed by atoms with Gasteiger partial charge in [0.05, 0.1) is 23.7 Å². The average Bonchev–Trinajstić information content (AvgIpc) is 2.89. The zero-order valence-electron chi connectivity index (χ0n) is 22.4. The normalized spacial score (nSPS) is 16.9. The molecule has 14 heteroatoms. The Morgan fingerprint density at radius 2 is 1.76 bits per heavy atom. The molecule has 1 aromatic carbocycles. The van der Waals surface area contributed by atoms with E-state index in [1.54, 1.807) is 6.92 Å². The number of halogens is 1. The summed E-state index contributed by atoms with van der Waals surface area (Å²) in [4.78, 5) is 70.2. The monoisotopic (exact) mass is 590 g/mol. The molecule has 0 spiro atoms. The summed E-state index contributed by atoms with van der Waals surface area (Å²) in [6, 6.07) is 4.52. The van der Waals surface area contributed by atoms with E-state index >= 15 is 0 Å². The number of benzene rings is 1. The Bertz CT molecular complexity index is 1390. The number of aromatic nitrogens is 1. The highest BCUT2D eigenvalue weighted by molar-refractivity contribution is 6.31. The lowest BCUT2D eigenvalue weighted by molar-refractivity contribution is -0.163. The van der Waals surface area contributed by atoms with E-state index in [2.05, 4.69) is 4.98 Å². The number of ether oxygens (including phenoxy) is 2. The second kappa shape index (κ2) is 12.2. The molecule has 1 aliphatic carbocycles. The topological polar surface area (TPSA) is 190 Å². The van der Waals surface area contributed by atoms with Crippen molar-refractivity contribution in [1.29, 1.82) is 0 Å². The third-order valence-electron chi connectivity index (χ3n) is 7.42. The molecule has 1 unspecified atom stereocenters. The number of hydrogen-bond donors (Lipinski definition) is 3. The van der Waals surface area contributed by atoms with Gasteiger partial charge in [0.1, 0.15) is 11.3 Å². The number of carboxylic acid groups (broad SMARTS) is 2. The highest BCUT2D eigenvalue weighted by atomic mass is 35.5. The lowest BCUT2D eigenvalue weighted by Crippen LogP contribution is -2.52. The predicted molar refractivity (Wildman–Crippen MR) is 145 cm³/mol. The SMILES string of the molecule is CCOC(=O)N1CCN(C(=O)C(CCC(=O)O)c2nc3cc(Cl)ccc3c(OC3(C(=O)O)CCC3)c2C(N)=O)CC1. The van der Waals surface area contributed by atoms with E-state index in [1.807, 2.05) is 0 Å². The van der Waals surface area contributed by atoms with Crippen molar-refractivity contribution in [2.24, 2.45) is 5.73 Å². The molecule has 1 aromatic heterocycles. The van der Waals surface area contributed by atoms with Crippen LogP contribution >= 0.6 is 11.6 Å². The van der Waals surface area contributed by atoms with E-state index in [0.717, 1.165) is 0 Å². The Morgan fingerprint density at radius 1 is 1.10 bits per heavy atom. The number of carbonyl (C=O) groups is 5. The van der Waals surface area contributed by atoms with E-state index in [4.69, 9.17) is 26.8 Å². The predicted octanol–water partition coefficient (Wildman–Crippen LogP) is 2.62. The Kier molecular flexibility index (Phi) is 8.86. The minimum atomic E-state index is -1.60. The van der Waals surface area contributed by atoms with Gasteiger partial charge in [0.25, 0.3) is 5.91 Å². The number of amides is 3. The number of aliphatic carboxylic acids is 2. The second-order valence-corrected chi connectivity index (χ2v) is 10.4. The third-order valence-corrected chi connectivity index (χ3v) is 7.65. The van der Waals surface area contributed by atoms with Gasteiger partial charge in [-0.15, -0.1) is 0 Å². The number of fused-ring (bicyclic) bond motifs is 1. The number of pyridine rings is 1. The molecule has 3 amide bonds. The number of primary amides is 1. The molecule has 4 N–H and O–H groups in total. The molecule has 4 rings (SSSR count). The summed E-state index contributed by atoms with van der Waals surface area (Å²) in [6.07, 6.45) is -0.177. The van der Waals surface area contributed by atoms with Gasteiger partial charge in [-0.05, 0) is 50.8 Å². The molecular formula is C27H31ClN4O9. The van der Waals surface area contributed by atoms with Crippen LogP contribution in [0.25, 0.3) is 10.9 Å². The highest BCUT2D eigenvalue weighted by Crippen LogP contribution is 2.43.